The van der Waals surface area contributed by atoms with Gasteiger partial charge in [-0.3, -0.25) is 29.4 Å². The highest BCUT2D eigenvalue weighted by Gasteiger charge is 2.44. The summed E-state index contributed by atoms with van der Waals surface area (Å²) in [7, 11) is 0. The fourth-order valence-corrected chi connectivity index (χ4v) is 4.79. The molecule has 8 heteroatoms. The van der Waals surface area contributed by atoms with Gasteiger partial charge in [-0.15, -0.1) is 0 Å². The number of benzene rings is 1. The zero-order chi connectivity index (χ0) is 22.9. The second-order valence-corrected chi connectivity index (χ2v) is 9.80. The second kappa shape index (κ2) is 9.11. The van der Waals surface area contributed by atoms with Gasteiger partial charge in [0.2, 0.25) is 11.8 Å². The number of hydrogen-bond acceptors (Lipinski definition) is 6. The molecule has 0 aromatic heterocycles. The molecule has 1 aromatic rings. The Morgan fingerprint density at radius 2 is 1.75 bits per heavy atom. The summed E-state index contributed by atoms with van der Waals surface area (Å²) in [4.78, 5) is 50.4. The Morgan fingerprint density at radius 1 is 1.03 bits per heavy atom. The van der Waals surface area contributed by atoms with Crippen LogP contribution in [0.25, 0.3) is 0 Å². The lowest BCUT2D eigenvalue weighted by atomic mass is 9.87. The third kappa shape index (κ3) is 4.76. The number of nitrogens with zero attached hydrogens (tertiary/aromatic N) is 1. The first-order valence-corrected chi connectivity index (χ1v) is 11.6. The zero-order valence-corrected chi connectivity index (χ0v) is 18.8. The molecule has 0 saturated carbocycles. The normalized spacial score (nSPS) is 22.3. The molecule has 4 amide bonds. The highest BCUT2D eigenvalue weighted by atomic mass is 16.2. The largest absolute Gasteiger partial charge is 0.317 e. The van der Waals surface area contributed by atoms with Crippen molar-refractivity contribution in [2.24, 2.45) is 5.92 Å². The average molecular weight is 441 g/mol. The Balaban J connectivity index is 1.39. The first-order valence-electron chi connectivity index (χ1n) is 11.6. The summed E-state index contributed by atoms with van der Waals surface area (Å²) in [5, 5.41) is 9.22. The van der Waals surface area contributed by atoms with Crippen molar-refractivity contribution in [2.75, 3.05) is 13.1 Å². The van der Waals surface area contributed by atoms with Gasteiger partial charge in [0.25, 0.3) is 11.8 Å². The van der Waals surface area contributed by atoms with E-state index in [0.29, 0.717) is 17.7 Å². The van der Waals surface area contributed by atoms with Gasteiger partial charge in [0.15, 0.2) is 0 Å². The molecule has 32 heavy (non-hydrogen) atoms. The Kier molecular flexibility index (Phi) is 6.44. The molecule has 2 fully saturated rings. The van der Waals surface area contributed by atoms with Crippen molar-refractivity contribution in [2.45, 2.75) is 70.5 Å². The van der Waals surface area contributed by atoms with Crippen LogP contribution in [0.2, 0.25) is 0 Å². The molecule has 2 saturated heterocycles. The molecule has 3 heterocycles. The van der Waals surface area contributed by atoms with Crippen molar-refractivity contribution >= 4 is 23.6 Å². The van der Waals surface area contributed by atoms with Gasteiger partial charge in [-0.1, -0.05) is 6.07 Å². The summed E-state index contributed by atoms with van der Waals surface area (Å²) in [6.07, 6.45) is 5.02. The minimum atomic E-state index is -0.935. The van der Waals surface area contributed by atoms with Crippen LogP contribution < -0.4 is 16.0 Å². The number of piperidine rings is 2. The molecule has 172 valence electrons. The molecule has 0 bridgehead atoms. The van der Waals surface area contributed by atoms with E-state index in [1.165, 1.54) is 19.3 Å². The van der Waals surface area contributed by atoms with E-state index in [9.17, 15) is 19.2 Å². The van der Waals surface area contributed by atoms with Crippen LogP contribution in [-0.2, 0) is 16.1 Å². The Labute approximate surface area is 188 Å². The van der Waals surface area contributed by atoms with E-state index in [4.69, 9.17) is 0 Å². The van der Waals surface area contributed by atoms with Crippen molar-refractivity contribution < 1.29 is 19.2 Å². The van der Waals surface area contributed by atoms with E-state index in [0.717, 1.165) is 35.9 Å². The topological polar surface area (TPSA) is 108 Å². The number of hydrogen-bond donors (Lipinski definition) is 3. The van der Waals surface area contributed by atoms with Gasteiger partial charge in [0.1, 0.15) is 6.04 Å². The van der Waals surface area contributed by atoms with Gasteiger partial charge < -0.3 is 10.6 Å². The lowest BCUT2D eigenvalue weighted by molar-refractivity contribution is -0.136. The lowest BCUT2D eigenvalue weighted by Crippen LogP contribution is -2.54. The predicted octanol–water partition coefficient (Wildman–Crippen LogP) is 1.74. The highest BCUT2D eigenvalue weighted by Crippen LogP contribution is 2.29. The Hall–Kier alpha value is -2.58. The van der Waals surface area contributed by atoms with E-state index >= 15 is 0 Å². The van der Waals surface area contributed by atoms with Crippen molar-refractivity contribution in [1.29, 1.82) is 0 Å². The van der Waals surface area contributed by atoms with Gasteiger partial charge in [0, 0.05) is 18.5 Å². The fraction of sp³-hybridized carbons (Fsp3) is 0.583. The quantitative estimate of drug-likeness (QED) is 0.558. The molecule has 3 aliphatic heterocycles. The molecule has 3 aliphatic rings. The SMILES string of the molecule is CC(C)(CCC1CCNCC1)NCc1ccc2c(c1)C(=O)N(C1CCC(=O)NC1=O)C2=O. The molecule has 1 atom stereocenters. The molecule has 0 aliphatic carbocycles. The standard InChI is InChI=1S/C24H32N4O4/c1-24(2,10-7-15-8-11-25-12-9-15)26-14-16-3-4-17-18(13-16)23(32)28(22(17)31)19-5-6-20(29)27-21(19)30/h3-4,13,15,19,25-26H,5-12,14H2,1-2H3,(H,27,29,30). The molecule has 1 unspecified atom stereocenters. The summed E-state index contributed by atoms with van der Waals surface area (Å²) >= 11 is 0. The number of imide groups is 2. The van der Waals surface area contributed by atoms with Crippen molar-refractivity contribution in [3.05, 3.63) is 34.9 Å². The maximum Gasteiger partial charge on any atom is 0.262 e. The maximum atomic E-state index is 13.0. The fourth-order valence-electron chi connectivity index (χ4n) is 4.79. The molecule has 4 rings (SSSR count). The van der Waals surface area contributed by atoms with Gasteiger partial charge in [-0.05, 0) is 82.7 Å². The van der Waals surface area contributed by atoms with Crippen molar-refractivity contribution in [3.8, 4) is 0 Å². The van der Waals surface area contributed by atoms with E-state index in [1.54, 1.807) is 12.1 Å². The minimum Gasteiger partial charge on any atom is -0.317 e. The number of carbonyl (C=O) groups is 4. The molecule has 0 radical (unpaired) electrons. The number of amides is 4. The van der Waals surface area contributed by atoms with Crippen LogP contribution >= 0.6 is 0 Å². The van der Waals surface area contributed by atoms with E-state index < -0.39 is 23.8 Å². The van der Waals surface area contributed by atoms with E-state index in [-0.39, 0.29) is 24.3 Å². The summed E-state index contributed by atoms with van der Waals surface area (Å²) in [5.41, 5.74) is 1.52. The van der Waals surface area contributed by atoms with Gasteiger partial charge in [0.05, 0.1) is 11.1 Å². The van der Waals surface area contributed by atoms with Crippen molar-refractivity contribution in [3.63, 3.8) is 0 Å². The summed E-state index contributed by atoms with van der Waals surface area (Å²) < 4.78 is 0. The van der Waals surface area contributed by atoms with Gasteiger partial charge in [-0.25, -0.2) is 0 Å². The Bertz CT molecular complexity index is 936. The lowest BCUT2D eigenvalue weighted by Gasteiger charge is -2.30. The van der Waals surface area contributed by atoms with Crippen LogP contribution in [0, 0.1) is 5.92 Å². The van der Waals surface area contributed by atoms with Crippen LogP contribution in [0.3, 0.4) is 0 Å². The Morgan fingerprint density at radius 3 is 2.47 bits per heavy atom. The molecular formula is C24H32N4O4. The first-order chi connectivity index (χ1) is 15.2. The molecule has 1 aromatic carbocycles. The zero-order valence-electron chi connectivity index (χ0n) is 18.8. The number of fused-ring (bicyclic) bond motifs is 1. The number of rotatable bonds is 7. The van der Waals surface area contributed by atoms with Crippen LogP contribution in [0.4, 0.5) is 0 Å². The minimum absolute atomic E-state index is 0.0392. The second-order valence-electron chi connectivity index (χ2n) is 9.80. The van der Waals surface area contributed by atoms with Gasteiger partial charge in [-0.2, -0.15) is 0 Å². The van der Waals surface area contributed by atoms with Crippen LogP contribution in [0.15, 0.2) is 18.2 Å². The third-order valence-electron chi connectivity index (χ3n) is 6.91. The average Bonchev–Trinajstić information content (AvgIpc) is 3.02. The highest BCUT2D eigenvalue weighted by molar-refractivity contribution is 6.23. The molecular weight excluding hydrogens is 408 g/mol. The molecule has 3 N–H and O–H groups in total. The number of nitrogens with one attached hydrogen (secondary N) is 3. The summed E-state index contributed by atoms with van der Waals surface area (Å²) in [5.74, 6) is -1.13. The molecule has 0 spiro atoms. The predicted molar refractivity (Wildman–Crippen MR) is 119 cm³/mol. The summed E-state index contributed by atoms with van der Waals surface area (Å²) in [6.45, 7) is 7.19. The van der Waals surface area contributed by atoms with Gasteiger partial charge >= 0.3 is 0 Å². The summed E-state index contributed by atoms with van der Waals surface area (Å²) in [6, 6.07) is 4.33. The van der Waals surface area contributed by atoms with Crippen LogP contribution in [0.1, 0.15) is 78.7 Å². The molecule has 8 nitrogen and oxygen atoms in total. The maximum absolute atomic E-state index is 13.0. The van der Waals surface area contributed by atoms with E-state index in [1.807, 2.05) is 6.07 Å². The monoisotopic (exact) mass is 440 g/mol. The van der Waals surface area contributed by atoms with Crippen LogP contribution in [0.5, 0.6) is 0 Å². The first kappa shape index (κ1) is 22.6. The van der Waals surface area contributed by atoms with E-state index in [2.05, 4.69) is 29.8 Å². The number of carbonyl (C=O) groups excluding carboxylic acids is 4. The van der Waals surface area contributed by atoms with Crippen LogP contribution in [-0.4, -0.2) is 53.2 Å². The van der Waals surface area contributed by atoms with Crippen molar-refractivity contribution in [1.82, 2.24) is 20.9 Å². The smallest absolute Gasteiger partial charge is 0.262 e. The third-order valence-corrected chi connectivity index (χ3v) is 6.91.